The van der Waals surface area contributed by atoms with Crippen molar-refractivity contribution in [1.29, 1.82) is 0 Å². The van der Waals surface area contributed by atoms with Crippen molar-refractivity contribution in [3.63, 3.8) is 0 Å². The molecule has 2 radical (unpaired) electrons. The van der Waals surface area contributed by atoms with Crippen molar-refractivity contribution in [2.75, 3.05) is 0 Å². The van der Waals surface area contributed by atoms with Gasteiger partial charge in [-0.15, -0.1) is 0 Å². The molecule has 6 nitrogen and oxygen atoms in total. The van der Waals surface area contributed by atoms with E-state index in [0.29, 0.717) is 6.42 Å². The summed E-state index contributed by atoms with van der Waals surface area (Å²) in [5.74, 6) is -0.916. The summed E-state index contributed by atoms with van der Waals surface area (Å²) in [7, 11) is 0. The molecule has 1 aromatic heterocycles. The van der Waals surface area contributed by atoms with Gasteiger partial charge >= 0.3 is 5.97 Å². The molecule has 1 unspecified atom stereocenters. The predicted molar refractivity (Wildman–Crippen MR) is 62.9 cm³/mol. The van der Waals surface area contributed by atoms with Crippen LogP contribution in [0.4, 0.5) is 0 Å². The molecule has 1 heterocycles. The van der Waals surface area contributed by atoms with E-state index in [1.54, 1.807) is 0 Å². The molecule has 0 aromatic carbocycles. The first-order valence-electron chi connectivity index (χ1n) is 4.39. The zero-order chi connectivity index (χ0) is 10.6. The zero-order valence-corrected chi connectivity index (χ0v) is 14.6. The molecule has 16 heavy (non-hydrogen) atoms. The number of rotatable bonds is 5. The number of hydrogen-bond acceptors (Lipinski definition) is 4. The molecule has 80 valence electrons. The van der Waals surface area contributed by atoms with E-state index in [0.717, 1.165) is 12.8 Å². The fraction of sp³-hybridized carbons (Fsp3) is 0.714. The first-order valence-corrected chi connectivity index (χ1v) is 4.80. The molecular formula is C7H12N4Na2O2S. The van der Waals surface area contributed by atoms with Gasteiger partial charge < -0.3 is 5.11 Å². The SMILES string of the molecule is CCCCC(C(=O)O)n1[nH]nnc1=S.[Na].[Na]. The number of nitrogens with one attached hydrogen (secondary N) is 1. The van der Waals surface area contributed by atoms with Crippen molar-refractivity contribution in [1.82, 2.24) is 20.2 Å². The maximum atomic E-state index is 10.9. The molecular weight excluding hydrogens is 250 g/mol. The molecule has 0 aliphatic heterocycles. The number of H-pyrrole nitrogens is 1. The monoisotopic (exact) mass is 262 g/mol. The van der Waals surface area contributed by atoms with Crippen LogP contribution < -0.4 is 0 Å². The number of hydrogen-bond donors (Lipinski definition) is 2. The molecule has 0 bridgehead atoms. The Labute approximate surface area is 143 Å². The normalized spacial score (nSPS) is 11.1. The second-order valence-corrected chi connectivity index (χ2v) is 3.31. The summed E-state index contributed by atoms with van der Waals surface area (Å²) in [5.41, 5.74) is 0. The van der Waals surface area contributed by atoms with Crippen LogP contribution in [0.1, 0.15) is 32.2 Å². The van der Waals surface area contributed by atoms with Crippen molar-refractivity contribution in [3.05, 3.63) is 4.77 Å². The van der Waals surface area contributed by atoms with Gasteiger partial charge in [-0.2, -0.15) is 5.21 Å². The third-order valence-electron chi connectivity index (χ3n) is 1.92. The maximum absolute atomic E-state index is 10.9. The van der Waals surface area contributed by atoms with Gasteiger partial charge in [-0.25, -0.2) is 9.48 Å². The summed E-state index contributed by atoms with van der Waals surface area (Å²) < 4.78 is 1.47. The Morgan fingerprint density at radius 3 is 2.62 bits per heavy atom. The second kappa shape index (κ2) is 9.76. The fourth-order valence-corrected chi connectivity index (χ4v) is 1.38. The van der Waals surface area contributed by atoms with E-state index < -0.39 is 12.0 Å². The molecule has 0 amide bonds. The van der Waals surface area contributed by atoms with Gasteiger partial charge in [0.25, 0.3) is 0 Å². The number of carboxylic acid groups (broad SMARTS) is 1. The molecule has 0 saturated carbocycles. The number of aromatic nitrogens is 4. The quantitative estimate of drug-likeness (QED) is 0.592. The van der Waals surface area contributed by atoms with Crippen molar-refractivity contribution >= 4 is 77.3 Å². The van der Waals surface area contributed by atoms with Crippen LogP contribution in [0.25, 0.3) is 0 Å². The van der Waals surface area contributed by atoms with E-state index in [2.05, 4.69) is 15.5 Å². The number of carboxylic acids is 1. The van der Waals surface area contributed by atoms with Crippen LogP contribution >= 0.6 is 12.2 Å². The number of aliphatic carboxylic acids is 1. The van der Waals surface area contributed by atoms with Crippen LogP contribution in [0.5, 0.6) is 0 Å². The third-order valence-corrected chi connectivity index (χ3v) is 2.20. The van der Waals surface area contributed by atoms with Crippen molar-refractivity contribution < 1.29 is 9.90 Å². The number of nitrogens with zero attached hydrogens (tertiary/aromatic N) is 3. The average Bonchev–Trinajstić information content (AvgIpc) is 2.52. The smallest absolute Gasteiger partial charge is 0.328 e. The Hall–Kier alpha value is 0.760. The summed E-state index contributed by atoms with van der Waals surface area (Å²) in [6, 6.07) is -0.683. The van der Waals surface area contributed by atoms with Gasteiger partial charge in [0.1, 0.15) is 0 Å². The standard InChI is InChI=1S/C7H12N4O2S.2Na/c1-2-3-4-5(6(12)13)11-7(14)8-9-10-11;;/h5H,2-4H2,1H3,(H,12,13)(H,8,10,14);;. The molecule has 1 rings (SSSR count). The summed E-state index contributed by atoms with van der Waals surface area (Å²) in [5, 5.41) is 18.4. The van der Waals surface area contributed by atoms with Crippen LogP contribution in [0, 0.1) is 4.77 Å². The van der Waals surface area contributed by atoms with E-state index in [1.165, 1.54) is 4.68 Å². The Morgan fingerprint density at radius 2 is 2.25 bits per heavy atom. The predicted octanol–water partition coefficient (Wildman–Crippen LogP) is 0.390. The number of unbranched alkanes of at least 4 members (excludes halogenated alkanes) is 1. The molecule has 0 spiro atoms. The largest absolute Gasteiger partial charge is 0.480 e. The summed E-state index contributed by atoms with van der Waals surface area (Å²) in [4.78, 5) is 10.9. The average molecular weight is 262 g/mol. The third kappa shape index (κ3) is 5.39. The number of carbonyl (C=O) groups is 1. The summed E-state index contributed by atoms with van der Waals surface area (Å²) in [6.07, 6.45) is 2.31. The topological polar surface area (TPSA) is 83.8 Å². The minimum Gasteiger partial charge on any atom is -0.480 e. The van der Waals surface area contributed by atoms with Gasteiger partial charge in [-0.1, -0.05) is 30.1 Å². The van der Waals surface area contributed by atoms with Crippen LogP contribution in [-0.4, -0.2) is 90.4 Å². The Kier molecular flexibility index (Phi) is 11.7. The van der Waals surface area contributed by atoms with Gasteiger partial charge in [-0.05, 0) is 18.6 Å². The van der Waals surface area contributed by atoms with Gasteiger partial charge in [0.2, 0.25) is 4.77 Å². The van der Waals surface area contributed by atoms with Crippen molar-refractivity contribution in [3.8, 4) is 0 Å². The first-order chi connectivity index (χ1) is 6.66. The summed E-state index contributed by atoms with van der Waals surface area (Å²) >= 11 is 4.83. The van der Waals surface area contributed by atoms with Crippen molar-refractivity contribution in [2.24, 2.45) is 0 Å². The molecule has 1 atom stereocenters. The number of tetrazole rings is 1. The van der Waals surface area contributed by atoms with Crippen molar-refractivity contribution in [2.45, 2.75) is 32.2 Å². The van der Waals surface area contributed by atoms with E-state index in [1.807, 2.05) is 6.92 Å². The summed E-state index contributed by atoms with van der Waals surface area (Å²) in [6.45, 7) is 2.00. The van der Waals surface area contributed by atoms with Crippen LogP contribution in [-0.2, 0) is 4.79 Å². The molecule has 0 fully saturated rings. The maximum Gasteiger partial charge on any atom is 0.328 e. The van der Waals surface area contributed by atoms with E-state index in [4.69, 9.17) is 17.3 Å². The second-order valence-electron chi connectivity index (χ2n) is 2.95. The fourth-order valence-electron chi connectivity index (χ4n) is 1.17. The minimum absolute atomic E-state index is 0. The van der Waals surface area contributed by atoms with E-state index in [-0.39, 0.29) is 63.9 Å². The molecule has 1 aromatic rings. The first kappa shape index (κ1) is 19.1. The van der Waals surface area contributed by atoms with E-state index >= 15 is 0 Å². The van der Waals surface area contributed by atoms with Gasteiger partial charge in [0.15, 0.2) is 6.04 Å². The molecule has 2 N–H and O–H groups in total. The van der Waals surface area contributed by atoms with Gasteiger partial charge in [0.05, 0.1) is 0 Å². The molecule has 0 aliphatic rings. The van der Waals surface area contributed by atoms with E-state index in [9.17, 15) is 4.79 Å². The van der Waals surface area contributed by atoms with Crippen LogP contribution in [0.15, 0.2) is 0 Å². The Balaban J connectivity index is 0. The molecule has 0 aliphatic carbocycles. The van der Waals surface area contributed by atoms with Crippen LogP contribution in [0.3, 0.4) is 0 Å². The Bertz CT molecular complexity index is 367. The van der Waals surface area contributed by atoms with Gasteiger partial charge in [-0.3, -0.25) is 0 Å². The van der Waals surface area contributed by atoms with Crippen LogP contribution in [0.2, 0.25) is 0 Å². The zero-order valence-electron chi connectivity index (χ0n) is 9.80. The Morgan fingerprint density at radius 1 is 1.62 bits per heavy atom. The van der Waals surface area contributed by atoms with Gasteiger partial charge in [0, 0.05) is 59.1 Å². The molecule has 9 heteroatoms. The number of aromatic amines is 1. The minimum atomic E-state index is -0.916. The molecule has 0 saturated heterocycles.